The second-order valence-electron chi connectivity index (χ2n) is 11.5. The molecule has 1 N–H and O–H groups in total. The van der Waals surface area contributed by atoms with E-state index in [0.29, 0.717) is 18.0 Å². The number of hydrogen-bond donors (Lipinski definition) is 1. The van der Waals surface area contributed by atoms with Crippen LogP contribution < -0.4 is 10.1 Å². The summed E-state index contributed by atoms with van der Waals surface area (Å²) < 4.78 is 13.4. The molecule has 0 saturated carbocycles. The highest BCUT2D eigenvalue weighted by molar-refractivity contribution is 6.50. The predicted molar refractivity (Wildman–Crippen MR) is 166 cm³/mol. The first-order chi connectivity index (χ1) is 20.2. The van der Waals surface area contributed by atoms with Crippen LogP contribution in [0.25, 0.3) is 16.5 Å². The highest BCUT2D eigenvalue weighted by Crippen LogP contribution is 2.30. The smallest absolute Gasteiger partial charge is 0.279 e. The van der Waals surface area contributed by atoms with Crippen LogP contribution in [0.2, 0.25) is 0 Å². The molecule has 5 rings (SSSR count). The Morgan fingerprint density at radius 3 is 2.50 bits per heavy atom. The van der Waals surface area contributed by atoms with Gasteiger partial charge in [-0.05, 0) is 42.1 Å². The monoisotopic (exact) mass is 569 g/mol. The second-order valence-corrected chi connectivity index (χ2v) is 11.5. The van der Waals surface area contributed by atoms with E-state index in [-0.39, 0.29) is 11.1 Å². The number of morpholine rings is 1. The highest BCUT2D eigenvalue weighted by Gasteiger charge is 2.25. The summed E-state index contributed by atoms with van der Waals surface area (Å²) in [5.41, 5.74) is 3.39. The van der Waals surface area contributed by atoms with Crippen molar-refractivity contribution in [3.8, 4) is 11.4 Å². The molecule has 9 heteroatoms. The number of carbonyl (C=O) groups excluding carboxylic acids is 1. The SMILES string of the molecule is CO/N=C(\C(=O)Nc1cc(C(C)(C)C)nn1-c1cccc(C)c1)c1ccc(OCCN2CCOCC2)c2ccccc12. The summed E-state index contributed by atoms with van der Waals surface area (Å²) in [6, 6.07) is 21.5. The fraction of sp³-hybridized carbons (Fsp3) is 0.364. The number of aromatic nitrogens is 2. The zero-order valence-corrected chi connectivity index (χ0v) is 25.0. The molecule has 42 heavy (non-hydrogen) atoms. The van der Waals surface area contributed by atoms with Gasteiger partial charge in [-0.2, -0.15) is 5.10 Å². The zero-order chi connectivity index (χ0) is 29.7. The first kappa shape index (κ1) is 29.3. The molecule has 0 unspecified atom stereocenters. The molecule has 0 atom stereocenters. The van der Waals surface area contributed by atoms with Crippen molar-refractivity contribution in [2.24, 2.45) is 5.16 Å². The number of rotatable bonds is 9. The molecule has 0 bridgehead atoms. The van der Waals surface area contributed by atoms with Crippen LogP contribution in [0.5, 0.6) is 5.75 Å². The molecule has 1 aliphatic heterocycles. The van der Waals surface area contributed by atoms with E-state index in [1.54, 1.807) is 4.68 Å². The number of aryl methyl sites for hydroxylation is 1. The van der Waals surface area contributed by atoms with Crippen molar-refractivity contribution in [1.82, 2.24) is 14.7 Å². The van der Waals surface area contributed by atoms with Crippen LogP contribution in [-0.4, -0.2) is 72.9 Å². The van der Waals surface area contributed by atoms with E-state index in [9.17, 15) is 4.79 Å². The third kappa shape index (κ3) is 6.64. The van der Waals surface area contributed by atoms with Gasteiger partial charge in [0.05, 0.1) is 24.6 Å². The van der Waals surface area contributed by atoms with Gasteiger partial charge in [0.2, 0.25) is 0 Å². The van der Waals surface area contributed by atoms with Crippen LogP contribution in [-0.2, 0) is 19.8 Å². The van der Waals surface area contributed by atoms with Gasteiger partial charge in [-0.15, -0.1) is 0 Å². The van der Waals surface area contributed by atoms with Gasteiger partial charge in [0, 0.05) is 42.1 Å². The molecular formula is C33H39N5O4. The summed E-state index contributed by atoms with van der Waals surface area (Å²) in [5, 5.41) is 13.8. The van der Waals surface area contributed by atoms with Crippen molar-refractivity contribution in [3.63, 3.8) is 0 Å². The van der Waals surface area contributed by atoms with Crippen molar-refractivity contribution in [1.29, 1.82) is 0 Å². The van der Waals surface area contributed by atoms with Gasteiger partial charge in [0.1, 0.15) is 25.3 Å². The standard InChI is InChI=1S/C33H39N5O4/c1-23-9-8-10-24(21-23)38-30(22-29(35-38)33(2,3)4)34-32(39)31(36-40-5)27-13-14-28(26-12-7-6-11-25(26)27)42-20-17-37-15-18-41-19-16-37/h6-14,21-22H,15-20H2,1-5H3,(H,34,39)/b36-31-. The molecule has 4 aromatic rings. The van der Waals surface area contributed by atoms with Crippen molar-refractivity contribution in [2.45, 2.75) is 33.1 Å². The van der Waals surface area contributed by atoms with Crippen LogP contribution in [0.1, 0.15) is 37.6 Å². The summed E-state index contributed by atoms with van der Waals surface area (Å²) in [5.74, 6) is 0.899. The molecule has 9 nitrogen and oxygen atoms in total. The molecule has 1 aromatic heterocycles. The van der Waals surface area contributed by atoms with Crippen molar-refractivity contribution < 1.29 is 19.1 Å². The molecule has 1 aliphatic rings. The van der Waals surface area contributed by atoms with E-state index in [0.717, 1.165) is 66.3 Å². The van der Waals surface area contributed by atoms with E-state index >= 15 is 0 Å². The van der Waals surface area contributed by atoms with E-state index in [1.165, 1.54) is 7.11 Å². The lowest BCUT2D eigenvalue weighted by molar-refractivity contribution is -0.110. The predicted octanol–water partition coefficient (Wildman–Crippen LogP) is 5.33. The molecular weight excluding hydrogens is 530 g/mol. The van der Waals surface area contributed by atoms with Gasteiger partial charge < -0.3 is 19.6 Å². The van der Waals surface area contributed by atoms with Gasteiger partial charge in [0.15, 0.2) is 5.71 Å². The number of anilines is 1. The van der Waals surface area contributed by atoms with Gasteiger partial charge in [-0.3, -0.25) is 9.69 Å². The maximum absolute atomic E-state index is 13.9. The lowest BCUT2D eigenvalue weighted by Crippen LogP contribution is -2.38. The summed E-state index contributed by atoms with van der Waals surface area (Å²) in [7, 11) is 1.44. The lowest BCUT2D eigenvalue weighted by Gasteiger charge is -2.26. The number of ether oxygens (including phenoxy) is 2. The van der Waals surface area contributed by atoms with Crippen LogP contribution >= 0.6 is 0 Å². The lowest BCUT2D eigenvalue weighted by atomic mass is 9.92. The first-order valence-electron chi connectivity index (χ1n) is 14.3. The second kappa shape index (κ2) is 12.8. The molecule has 3 aromatic carbocycles. The normalized spacial score (nSPS) is 14.6. The Balaban J connectivity index is 1.44. The third-order valence-corrected chi connectivity index (χ3v) is 7.27. The topological polar surface area (TPSA) is 90.2 Å². The Hall–Kier alpha value is -4.21. The fourth-order valence-electron chi connectivity index (χ4n) is 4.99. The number of nitrogens with one attached hydrogen (secondary N) is 1. The maximum Gasteiger partial charge on any atom is 0.279 e. The average Bonchev–Trinajstić information content (AvgIpc) is 3.41. The minimum absolute atomic E-state index is 0.155. The number of benzene rings is 3. The molecule has 220 valence electrons. The van der Waals surface area contributed by atoms with Crippen molar-refractivity contribution >= 4 is 28.2 Å². The zero-order valence-electron chi connectivity index (χ0n) is 25.0. The van der Waals surface area contributed by atoms with Crippen LogP contribution in [0.3, 0.4) is 0 Å². The fourth-order valence-corrected chi connectivity index (χ4v) is 4.99. The Morgan fingerprint density at radius 2 is 1.79 bits per heavy atom. The summed E-state index contributed by atoms with van der Waals surface area (Å²) in [6.07, 6.45) is 0. The summed E-state index contributed by atoms with van der Waals surface area (Å²) in [4.78, 5) is 21.4. The van der Waals surface area contributed by atoms with Gasteiger partial charge in [0.25, 0.3) is 5.91 Å². The summed E-state index contributed by atoms with van der Waals surface area (Å²) in [6.45, 7) is 13.0. The molecule has 1 saturated heterocycles. The Bertz CT molecular complexity index is 1580. The minimum atomic E-state index is -0.405. The Kier molecular flexibility index (Phi) is 8.89. The Labute approximate surface area is 247 Å². The molecule has 1 amide bonds. The Morgan fingerprint density at radius 1 is 1.02 bits per heavy atom. The van der Waals surface area contributed by atoms with Gasteiger partial charge >= 0.3 is 0 Å². The van der Waals surface area contributed by atoms with Crippen LogP contribution in [0.15, 0.2) is 71.9 Å². The van der Waals surface area contributed by atoms with Crippen molar-refractivity contribution in [2.75, 3.05) is 51.9 Å². The average molecular weight is 570 g/mol. The molecule has 1 fully saturated rings. The number of nitrogens with zero attached hydrogens (tertiary/aromatic N) is 4. The number of carbonyl (C=O) groups is 1. The quantitative estimate of drug-likeness (QED) is 0.216. The number of fused-ring (bicyclic) bond motifs is 1. The maximum atomic E-state index is 13.9. The molecule has 0 aliphatic carbocycles. The van der Waals surface area contributed by atoms with E-state index in [4.69, 9.17) is 19.4 Å². The number of oxime groups is 1. The van der Waals surface area contributed by atoms with Crippen molar-refractivity contribution in [3.05, 3.63) is 83.6 Å². The highest BCUT2D eigenvalue weighted by atomic mass is 16.6. The summed E-state index contributed by atoms with van der Waals surface area (Å²) >= 11 is 0. The van der Waals surface area contributed by atoms with E-state index < -0.39 is 5.91 Å². The minimum Gasteiger partial charge on any atom is -0.492 e. The van der Waals surface area contributed by atoms with Gasteiger partial charge in [-0.1, -0.05) is 62.3 Å². The largest absolute Gasteiger partial charge is 0.492 e. The van der Waals surface area contributed by atoms with Crippen LogP contribution in [0.4, 0.5) is 5.82 Å². The van der Waals surface area contributed by atoms with Gasteiger partial charge in [-0.25, -0.2) is 4.68 Å². The number of amides is 1. The third-order valence-electron chi connectivity index (χ3n) is 7.27. The van der Waals surface area contributed by atoms with Crippen LogP contribution in [0, 0.1) is 6.92 Å². The van der Waals surface area contributed by atoms with E-state index in [2.05, 4.69) is 36.1 Å². The molecule has 2 heterocycles. The van der Waals surface area contributed by atoms with E-state index in [1.807, 2.05) is 73.7 Å². The number of hydrogen-bond acceptors (Lipinski definition) is 7. The molecule has 0 radical (unpaired) electrons. The first-order valence-corrected chi connectivity index (χ1v) is 14.3. The molecule has 0 spiro atoms.